The van der Waals surface area contributed by atoms with E-state index in [2.05, 4.69) is 5.32 Å². The molecule has 0 amide bonds. The molecule has 0 aliphatic carbocycles. The zero-order chi connectivity index (χ0) is 22.2. The predicted octanol–water partition coefficient (Wildman–Crippen LogP) is 5.96. The van der Waals surface area contributed by atoms with E-state index in [0.717, 1.165) is 16.7 Å². The molecule has 3 rings (SSSR count). The van der Waals surface area contributed by atoms with E-state index in [1.54, 1.807) is 42.5 Å². The normalized spacial score (nSPS) is 10.7. The van der Waals surface area contributed by atoms with E-state index in [4.69, 9.17) is 37.8 Å². The molecule has 3 aromatic rings. The summed E-state index contributed by atoms with van der Waals surface area (Å²) in [6.07, 6.45) is 0. The van der Waals surface area contributed by atoms with Gasteiger partial charge in [0.1, 0.15) is 6.61 Å². The largest absolute Gasteiger partial charge is 0.490 e. The number of benzene rings is 3. The average molecular weight is 460 g/mol. The van der Waals surface area contributed by atoms with Crippen LogP contribution in [-0.2, 0) is 19.7 Å². The van der Waals surface area contributed by atoms with Gasteiger partial charge < -0.3 is 19.9 Å². The minimum absolute atomic E-state index is 0.239. The highest BCUT2D eigenvalue weighted by atomic mass is 35.5. The molecule has 0 fully saturated rings. The first-order valence-electron chi connectivity index (χ1n) is 9.82. The second-order valence-electron chi connectivity index (χ2n) is 6.81. The van der Waals surface area contributed by atoms with Crippen molar-refractivity contribution in [3.63, 3.8) is 0 Å². The van der Waals surface area contributed by atoms with Gasteiger partial charge in [-0.15, -0.1) is 0 Å². The fourth-order valence-corrected chi connectivity index (χ4v) is 3.49. The maximum absolute atomic E-state index is 10.9. The van der Waals surface area contributed by atoms with Crippen LogP contribution in [0.4, 0.5) is 0 Å². The van der Waals surface area contributed by atoms with Gasteiger partial charge in [-0.3, -0.25) is 0 Å². The third-order valence-electron chi connectivity index (χ3n) is 4.60. The highest BCUT2D eigenvalue weighted by molar-refractivity contribution is 6.35. The Balaban J connectivity index is 1.62. The first kappa shape index (κ1) is 22.9. The Hall–Kier alpha value is -2.73. The van der Waals surface area contributed by atoms with Gasteiger partial charge in [-0.05, 0) is 54.4 Å². The van der Waals surface area contributed by atoms with Gasteiger partial charge in [0.25, 0.3) is 0 Å². The molecule has 0 saturated heterocycles. The van der Waals surface area contributed by atoms with Crippen molar-refractivity contribution in [2.75, 3.05) is 6.61 Å². The van der Waals surface area contributed by atoms with Crippen molar-refractivity contribution in [3.05, 3.63) is 93.0 Å². The number of aromatic carboxylic acids is 1. The molecule has 3 aromatic carbocycles. The summed E-state index contributed by atoms with van der Waals surface area (Å²) in [7, 11) is 0. The van der Waals surface area contributed by atoms with Crippen LogP contribution in [0.5, 0.6) is 11.5 Å². The van der Waals surface area contributed by atoms with Crippen LogP contribution in [0, 0.1) is 0 Å². The Morgan fingerprint density at radius 1 is 0.903 bits per heavy atom. The lowest BCUT2D eigenvalue weighted by molar-refractivity contribution is 0.0697. The van der Waals surface area contributed by atoms with Gasteiger partial charge in [-0.25, -0.2) is 4.79 Å². The number of carboxylic acids is 1. The number of rotatable bonds is 10. The number of nitrogens with one attached hydrogen (secondary N) is 1. The van der Waals surface area contributed by atoms with Crippen LogP contribution >= 0.6 is 23.2 Å². The molecule has 0 aliphatic heterocycles. The van der Waals surface area contributed by atoms with E-state index in [9.17, 15) is 4.79 Å². The molecule has 0 aromatic heterocycles. The van der Waals surface area contributed by atoms with Gasteiger partial charge in [0.2, 0.25) is 0 Å². The number of hydrogen-bond donors (Lipinski definition) is 2. The molecule has 0 bridgehead atoms. The maximum atomic E-state index is 10.9. The fourth-order valence-electron chi connectivity index (χ4n) is 2.99. The summed E-state index contributed by atoms with van der Waals surface area (Å²) >= 11 is 12.4. The van der Waals surface area contributed by atoms with E-state index in [1.165, 1.54) is 0 Å². The predicted molar refractivity (Wildman–Crippen MR) is 122 cm³/mol. The second kappa shape index (κ2) is 11.0. The lowest BCUT2D eigenvalue weighted by Crippen LogP contribution is -2.13. The van der Waals surface area contributed by atoms with Crippen LogP contribution in [0.3, 0.4) is 0 Å². The average Bonchev–Trinajstić information content (AvgIpc) is 2.75. The Bertz CT molecular complexity index is 1020. The highest BCUT2D eigenvalue weighted by Gasteiger charge is 2.11. The van der Waals surface area contributed by atoms with Gasteiger partial charge in [-0.2, -0.15) is 0 Å². The molecule has 0 aliphatic rings. The molecule has 0 radical (unpaired) electrons. The van der Waals surface area contributed by atoms with Crippen molar-refractivity contribution in [3.8, 4) is 11.5 Å². The molecular weight excluding hydrogens is 437 g/mol. The van der Waals surface area contributed by atoms with E-state index < -0.39 is 5.97 Å². The van der Waals surface area contributed by atoms with Crippen LogP contribution < -0.4 is 14.8 Å². The van der Waals surface area contributed by atoms with Crippen molar-refractivity contribution < 1.29 is 19.4 Å². The number of hydrogen-bond acceptors (Lipinski definition) is 4. The molecule has 0 saturated carbocycles. The minimum atomic E-state index is -0.929. The zero-order valence-electron chi connectivity index (χ0n) is 17.0. The SMILES string of the molecule is CCOc1cc(CNCc2ccc(C(=O)O)cc2)ccc1OCc1c(Cl)cccc1Cl. The second-order valence-corrected chi connectivity index (χ2v) is 7.62. The molecule has 0 heterocycles. The van der Waals surface area contributed by atoms with Crippen molar-refractivity contribution in [1.29, 1.82) is 0 Å². The van der Waals surface area contributed by atoms with Crippen LogP contribution in [0.15, 0.2) is 60.7 Å². The van der Waals surface area contributed by atoms with Gasteiger partial charge in [0.05, 0.1) is 12.2 Å². The summed E-state index contributed by atoms with van der Waals surface area (Å²) < 4.78 is 11.7. The topological polar surface area (TPSA) is 67.8 Å². The van der Waals surface area contributed by atoms with Gasteiger partial charge in [-0.1, -0.05) is 47.5 Å². The Morgan fingerprint density at radius 2 is 1.55 bits per heavy atom. The quantitative estimate of drug-likeness (QED) is 0.391. The Kier molecular flexibility index (Phi) is 8.18. The van der Waals surface area contributed by atoms with Crippen LogP contribution in [0.1, 0.15) is 34.0 Å². The van der Waals surface area contributed by atoms with Crippen molar-refractivity contribution in [2.24, 2.45) is 0 Å². The molecule has 0 unspecified atom stereocenters. The number of carboxylic acid groups (broad SMARTS) is 1. The van der Waals surface area contributed by atoms with Crippen molar-refractivity contribution in [1.82, 2.24) is 5.32 Å². The summed E-state index contributed by atoms with van der Waals surface area (Å²) in [6, 6.07) is 17.9. The monoisotopic (exact) mass is 459 g/mol. The van der Waals surface area contributed by atoms with E-state index in [1.807, 2.05) is 25.1 Å². The van der Waals surface area contributed by atoms with Crippen LogP contribution in [-0.4, -0.2) is 17.7 Å². The van der Waals surface area contributed by atoms with Gasteiger partial charge in [0, 0.05) is 28.7 Å². The highest BCUT2D eigenvalue weighted by Crippen LogP contribution is 2.31. The van der Waals surface area contributed by atoms with Crippen LogP contribution in [0.25, 0.3) is 0 Å². The zero-order valence-corrected chi connectivity index (χ0v) is 18.5. The smallest absolute Gasteiger partial charge is 0.335 e. The number of carbonyl (C=O) groups is 1. The summed E-state index contributed by atoms with van der Waals surface area (Å²) in [5, 5.41) is 13.4. The molecule has 2 N–H and O–H groups in total. The molecule has 0 spiro atoms. The lowest BCUT2D eigenvalue weighted by atomic mass is 10.1. The maximum Gasteiger partial charge on any atom is 0.335 e. The summed E-state index contributed by atoms with van der Waals surface area (Å²) in [5.41, 5.74) is 3.05. The van der Waals surface area contributed by atoms with E-state index >= 15 is 0 Å². The van der Waals surface area contributed by atoms with Gasteiger partial charge >= 0.3 is 5.97 Å². The van der Waals surface area contributed by atoms with E-state index in [0.29, 0.717) is 41.2 Å². The third kappa shape index (κ3) is 6.37. The molecule has 5 nitrogen and oxygen atoms in total. The van der Waals surface area contributed by atoms with Gasteiger partial charge in [0.15, 0.2) is 11.5 Å². The molecule has 7 heteroatoms. The number of halogens is 2. The minimum Gasteiger partial charge on any atom is -0.490 e. The molecule has 31 heavy (non-hydrogen) atoms. The van der Waals surface area contributed by atoms with Crippen molar-refractivity contribution in [2.45, 2.75) is 26.6 Å². The summed E-state index contributed by atoms with van der Waals surface area (Å²) in [6.45, 7) is 3.91. The first-order chi connectivity index (χ1) is 15.0. The van der Waals surface area contributed by atoms with E-state index in [-0.39, 0.29) is 12.2 Å². The Morgan fingerprint density at radius 3 is 2.19 bits per heavy atom. The summed E-state index contributed by atoms with van der Waals surface area (Å²) in [5.74, 6) is 0.337. The molecule has 0 atom stereocenters. The summed E-state index contributed by atoms with van der Waals surface area (Å²) in [4.78, 5) is 10.9. The molecular formula is C24H23Cl2NO4. The fraction of sp³-hybridized carbons (Fsp3) is 0.208. The van der Waals surface area contributed by atoms with Crippen molar-refractivity contribution >= 4 is 29.2 Å². The lowest BCUT2D eigenvalue weighted by Gasteiger charge is -2.15. The Labute approximate surface area is 191 Å². The standard InChI is InChI=1S/C24H23Cl2NO4/c1-2-30-23-12-17(14-27-13-16-6-9-18(10-7-16)24(28)29)8-11-22(23)31-15-19-20(25)4-3-5-21(19)26/h3-12,27H,2,13-15H2,1H3,(H,28,29). The third-order valence-corrected chi connectivity index (χ3v) is 5.31. The van der Waals surface area contributed by atoms with Crippen LogP contribution in [0.2, 0.25) is 10.0 Å². The molecule has 162 valence electrons. The first-order valence-corrected chi connectivity index (χ1v) is 10.6. The number of ether oxygens (including phenoxy) is 2.